The molecule has 3 rings (SSSR count). The van der Waals surface area contributed by atoms with Crippen molar-refractivity contribution in [2.45, 2.75) is 52.2 Å². The number of amides is 2. The standard InChI is InChI=1S/C23H28FN3O4/c1-15-5-7-19(18(24)13-15)26-21(28)16-6-8-20(25-14-16)30-17-9-11-27(12-10-17)22(29)31-23(2,3)4/h5-8,13-14,17H,9-12H2,1-4H3,(H,26,28). The molecule has 31 heavy (non-hydrogen) atoms. The van der Waals surface area contributed by atoms with Crippen molar-refractivity contribution in [1.29, 1.82) is 0 Å². The third-order valence-corrected chi connectivity index (χ3v) is 4.75. The molecule has 0 atom stereocenters. The zero-order valence-corrected chi connectivity index (χ0v) is 18.3. The van der Waals surface area contributed by atoms with Gasteiger partial charge in [-0.2, -0.15) is 0 Å². The Morgan fingerprint density at radius 3 is 2.45 bits per heavy atom. The maximum atomic E-state index is 13.9. The zero-order chi connectivity index (χ0) is 22.6. The van der Waals surface area contributed by atoms with Crippen LogP contribution in [0.1, 0.15) is 49.5 Å². The summed E-state index contributed by atoms with van der Waals surface area (Å²) in [5, 5.41) is 2.54. The molecule has 1 fully saturated rings. The summed E-state index contributed by atoms with van der Waals surface area (Å²) in [5.41, 5.74) is 0.670. The van der Waals surface area contributed by atoms with Crippen molar-refractivity contribution in [3.63, 3.8) is 0 Å². The van der Waals surface area contributed by atoms with Crippen LogP contribution in [-0.4, -0.2) is 46.7 Å². The third kappa shape index (κ3) is 6.41. The van der Waals surface area contributed by atoms with Gasteiger partial charge in [0.2, 0.25) is 5.88 Å². The molecular formula is C23H28FN3O4. The highest BCUT2D eigenvalue weighted by atomic mass is 19.1. The first-order valence-corrected chi connectivity index (χ1v) is 10.3. The predicted octanol–water partition coefficient (Wildman–Crippen LogP) is 4.56. The average Bonchev–Trinajstić information content (AvgIpc) is 2.70. The lowest BCUT2D eigenvalue weighted by Gasteiger charge is -2.33. The Morgan fingerprint density at radius 2 is 1.87 bits per heavy atom. The Labute approximate surface area is 181 Å². The number of likely N-dealkylation sites (tertiary alicyclic amines) is 1. The molecule has 7 nitrogen and oxygen atoms in total. The number of nitrogens with zero attached hydrogens (tertiary/aromatic N) is 2. The summed E-state index contributed by atoms with van der Waals surface area (Å²) in [5.74, 6) is -0.541. The fraction of sp³-hybridized carbons (Fsp3) is 0.435. The van der Waals surface area contributed by atoms with E-state index >= 15 is 0 Å². The molecule has 1 aromatic heterocycles. The van der Waals surface area contributed by atoms with Crippen LogP contribution in [0.15, 0.2) is 36.5 Å². The molecule has 0 radical (unpaired) electrons. The minimum absolute atomic E-state index is 0.0764. The van der Waals surface area contributed by atoms with E-state index in [9.17, 15) is 14.0 Å². The van der Waals surface area contributed by atoms with Crippen LogP contribution in [0.2, 0.25) is 0 Å². The first-order valence-electron chi connectivity index (χ1n) is 10.3. The molecule has 2 heterocycles. The van der Waals surface area contributed by atoms with Crippen molar-refractivity contribution in [3.8, 4) is 5.88 Å². The SMILES string of the molecule is Cc1ccc(NC(=O)c2ccc(OC3CCN(C(=O)OC(C)(C)C)CC3)nc2)c(F)c1. The molecule has 1 saturated heterocycles. The monoisotopic (exact) mass is 429 g/mol. The highest BCUT2D eigenvalue weighted by Gasteiger charge is 2.27. The van der Waals surface area contributed by atoms with Gasteiger partial charge in [0.25, 0.3) is 5.91 Å². The normalized spacial score (nSPS) is 14.8. The topological polar surface area (TPSA) is 80.8 Å². The van der Waals surface area contributed by atoms with Crippen LogP contribution < -0.4 is 10.1 Å². The lowest BCUT2D eigenvalue weighted by molar-refractivity contribution is 0.0123. The largest absolute Gasteiger partial charge is 0.474 e. The summed E-state index contributed by atoms with van der Waals surface area (Å²) < 4.78 is 25.2. The lowest BCUT2D eigenvalue weighted by atomic mass is 10.1. The maximum absolute atomic E-state index is 13.9. The molecule has 1 aliphatic rings. The number of aromatic nitrogens is 1. The van der Waals surface area contributed by atoms with Crippen molar-refractivity contribution < 1.29 is 23.5 Å². The molecule has 0 bridgehead atoms. The summed E-state index contributed by atoms with van der Waals surface area (Å²) in [4.78, 5) is 30.4. The molecule has 0 unspecified atom stereocenters. The molecule has 1 N–H and O–H groups in total. The van der Waals surface area contributed by atoms with Gasteiger partial charge in [0, 0.05) is 38.2 Å². The highest BCUT2D eigenvalue weighted by Crippen LogP contribution is 2.20. The second-order valence-electron chi connectivity index (χ2n) is 8.61. The number of piperidine rings is 1. The zero-order valence-electron chi connectivity index (χ0n) is 18.3. The average molecular weight is 429 g/mol. The number of halogens is 1. The number of rotatable bonds is 4. The van der Waals surface area contributed by atoms with E-state index in [1.807, 2.05) is 20.8 Å². The predicted molar refractivity (Wildman–Crippen MR) is 115 cm³/mol. The van der Waals surface area contributed by atoms with Crippen LogP contribution in [-0.2, 0) is 4.74 Å². The smallest absolute Gasteiger partial charge is 0.410 e. The van der Waals surface area contributed by atoms with Gasteiger partial charge in [-0.15, -0.1) is 0 Å². The second-order valence-corrected chi connectivity index (χ2v) is 8.61. The van der Waals surface area contributed by atoms with Crippen molar-refractivity contribution in [2.75, 3.05) is 18.4 Å². The second kappa shape index (κ2) is 9.32. The summed E-state index contributed by atoms with van der Waals surface area (Å²) >= 11 is 0. The van der Waals surface area contributed by atoms with Gasteiger partial charge in [-0.1, -0.05) is 6.07 Å². The number of ether oxygens (including phenoxy) is 2. The molecule has 166 valence electrons. The Morgan fingerprint density at radius 1 is 1.16 bits per heavy atom. The molecule has 1 aliphatic heterocycles. The first-order chi connectivity index (χ1) is 14.6. The van der Waals surface area contributed by atoms with E-state index < -0.39 is 17.3 Å². The van der Waals surface area contributed by atoms with Crippen LogP contribution in [0, 0.1) is 12.7 Å². The van der Waals surface area contributed by atoms with Crippen LogP contribution in [0.5, 0.6) is 5.88 Å². The molecule has 8 heteroatoms. The molecule has 2 aromatic rings. The number of hydrogen-bond donors (Lipinski definition) is 1. The summed E-state index contributed by atoms with van der Waals surface area (Å²) in [6, 6.07) is 7.80. The quantitative estimate of drug-likeness (QED) is 0.771. The summed E-state index contributed by atoms with van der Waals surface area (Å²) in [6.45, 7) is 8.39. The van der Waals surface area contributed by atoms with Gasteiger partial charge in [-0.25, -0.2) is 14.2 Å². The number of carbonyl (C=O) groups excluding carboxylic acids is 2. The molecule has 2 amide bonds. The fourth-order valence-electron chi connectivity index (χ4n) is 3.15. The van der Waals surface area contributed by atoms with Gasteiger partial charge >= 0.3 is 6.09 Å². The van der Waals surface area contributed by atoms with Crippen LogP contribution in [0.25, 0.3) is 0 Å². The lowest BCUT2D eigenvalue weighted by Crippen LogP contribution is -2.44. The van der Waals surface area contributed by atoms with Crippen LogP contribution in [0.3, 0.4) is 0 Å². The Balaban J connectivity index is 1.51. The summed E-state index contributed by atoms with van der Waals surface area (Å²) in [7, 11) is 0. The van der Waals surface area contributed by atoms with Crippen molar-refractivity contribution in [3.05, 3.63) is 53.5 Å². The number of carbonyl (C=O) groups is 2. The van der Waals surface area contributed by atoms with E-state index in [2.05, 4.69) is 10.3 Å². The molecule has 1 aromatic carbocycles. The van der Waals surface area contributed by atoms with Crippen LogP contribution >= 0.6 is 0 Å². The number of pyridine rings is 1. The number of hydrogen-bond acceptors (Lipinski definition) is 5. The van der Waals surface area contributed by atoms with Crippen molar-refractivity contribution in [2.24, 2.45) is 0 Å². The fourth-order valence-corrected chi connectivity index (χ4v) is 3.15. The van der Waals surface area contributed by atoms with Crippen LogP contribution in [0.4, 0.5) is 14.9 Å². The van der Waals surface area contributed by atoms with E-state index in [-0.39, 0.29) is 17.9 Å². The van der Waals surface area contributed by atoms with E-state index in [0.29, 0.717) is 37.4 Å². The van der Waals surface area contributed by atoms with Crippen molar-refractivity contribution >= 4 is 17.7 Å². The number of nitrogens with one attached hydrogen (secondary N) is 1. The molecule has 0 aliphatic carbocycles. The minimum Gasteiger partial charge on any atom is -0.474 e. The third-order valence-electron chi connectivity index (χ3n) is 4.75. The van der Waals surface area contributed by atoms with Gasteiger partial charge in [0.15, 0.2) is 0 Å². The van der Waals surface area contributed by atoms with Gasteiger partial charge in [0.1, 0.15) is 17.5 Å². The maximum Gasteiger partial charge on any atom is 0.410 e. The Kier molecular flexibility index (Phi) is 6.77. The number of benzene rings is 1. The highest BCUT2D eigenvalue weighted by molar-refractivity contribution is 6.04. The summed E-state index contributed by atoms with van der Waals surface area (Å²) in [6.07, 6.45) is 2.33. The molecular weight excluding hydrogens is 401 g/mol. The number of anilines is 1. The minimum atomic E-state index is -0.520. The Hall–Kier alpha value is -3.16. The Bertz CT molecular complexity index is 933. The van der Waals surface area contributed by atoms with Gasteiger partial charge in [0.05, 0.1) is 11.3 Å². The van der Waals surface area contributed by atoms with Gasteiger partial charge < -0.3 is 19.7 Å². The number of aryl methyl sites for hydroxylation is 1. The molecule has 0 saturated carbocycles. The van der Waals surface area contributed by atoms with Crippen molar-refractivity contribution in [1.82, 2.24) is 9.88 Å². The van der Waals surface area contributed by atoms with E-state index in [1.54, 1.807) is 30.0 Å². The van der Waals surface area contributed by atoms with Gasteiger partial charge in [-0.3, -0.25) is 4.79 Å². The van der Waals surface area contributed by atoms with E-state index in [0.717, 1.165) is 5.56 Å². The van der Waals surface area contributed by atoms with Gasteiger partial charge in [-0.05, 0) is 51.5 Å². The van der Waals surface area contributed by atoms with E-state index in [1.165, 1.54) is 18.3 Å². The molecule has 0 spiro atoms. The first kappa shape index (κ1) is 22.5. The van der Waals surface area contributed by atoms with E-state index in [4.69, 9.17) is 9.47 Å².